The van der Waals surface area contributed by atoms with Crippen LogP contribution in [-0.4, -0.2) is 46.4 Å². The predicted octanol–water partition coefficient (Wildman–Crippen LogP) is 1.23. The van der Waals surface area contributed by atoms with E-state index in [1.54, 1.807) is 29.4 Å². The Morgan fingerprint density at radius 2 is 2.19 bits per heavy atom. The molecule has 1 aromatic carbocycles. The normalized spacial score (nSPS) is 15.2. The smallest absolute Gasteiger partial charge is 0.336 e. The summed E-state index contributed by atoms with van der Waals surface area (Å²) in [5.41, 5.74) is 1.60. The molecular weight excluding hydrogens is 292 g/mol. The maximum absolute atomic E-state index is 12.2. The molecule has 7 heteroatoms. The molecule has 1 aliphatic rings. The predicted molar refractivity (Wildman–Crippen MR) is 81.4 cm³/mol. The zero-order valence-corrected chi connectivity index (χ0v) is 12.6. The fourth-order valence-corrected chi connectivity index (χ4v) is 2.82. The Hall–Kier alpha value is -1.89. The number of hydrogen-bond donors (Lipinski definition) is 2. The molecule has 0 bridgehead atoms. The van der Waals surface area contributed by atoms with Crippen LogP contribution in [0.5, 0.6) is 0 Å². The van der Waals surface area contributed by atoms with Gasteiger partial charge in [0, 0.05) is 41.6 Å². The average Bonchev–Trinajstić information content (AvgIpc) is 2.45. The Bertz CT molecular complexity index is 588. The van der Waals surface area contributed by atoms with Gasteiger partial charge in [-0.05, 0) is 30.5 Å². The topological polar surface area (TPSA) is 86.7 Å². The number of carboxylic acid groups (broad SMARTS) is 1. The number of anilines is 1. The number of fused-ring (bicyclic) bond motifs is 1. The number of carbonyl (C=O) groups is 2. The average molecular weight is 310 g/mol. The third-order valence-electron chi connectivity index (χ3n) is 3.39. The number of nitrogens with one attached hydrogen (secondary N) is 1. The summed E-state index contributed by atoms with van der Waals surface area (Å²) in [5.74, 6) is -0.572. The molecule has 2 rings (SSSR count). The van der Waals surface area contributed by atoms with E-state index in [1.165, 1.54) is 0 Å². The van der Waals surface area contributed by atoms with Gasteiger partial charge in [0.15, 0.2) is 0 Å². The number of nitrogens with zero attached hydrogens (tertiary/aromatic N) is 1. The SMILES string of the molecule is CS(=O)CCNC(=O)N1CCCc2c(C(=O)O)cccc21. The molecule has 2 amide bonds. The second-order valence-corrected chi connectivity index (χ2v) is 6.43. The summed E-state index contributed by atoms with van der Waals surface area (Å²) in [6, 6.07) is 4.69. The van der Waals surface area contributed by atoms with Crippen LogP contribution in [0.2, 0.25) is 0 Å². The van der Waals surface area contributed by atoms with Gasteiger partial charge in [0.05, 0.1) is 5.56 Å². The third kappa shape index (κ3) is 3.60. The molecular formula is C14H18N2O4S. The van der Waals surface area contributed by atoms with E-state index in [0.29, 0.717) is 36.5 Å². The maximum Gasteiger partial charge on any atom is 0.336 e. The quantitative estimate of drug-likeness (QED) is 0.875. The lowest BCUT2D eigenvalue weighted by atomic mass is 9.96. The Balaban J connectivity index is 2.18. The van der Waals surface area contributed by atoms with Crippen molar-refractivity contribution in [3.8, 4) is 0 Å². The van der Waals surface area contributed by atoms with Crippen molar-refractivity contribution in [1.82, 2.24) is 5.32 Å². The van der Waals surface area contributed by atoms with Crippen molar-refractivity contribution in [3.63, 3.8) is 0 Å². The molecule has 0 aromatic heterocycles. The van der Waals surface area contributed by atoms with Crippen LogP contribution in [0, 0.1) is 0 Å². The van der Waals surface area contributed by atoms with Gasteiger partial charge >= 0.3 is 12.0 Å². The third-order valence-corrected chi connectivity index (χ3v) is 4.17. The first-order valence-corrected chi connectivity index (χ1v) is 8.44. The summed E-state index contributed by atoms with van der Waals surface area (Å²) < 4.78 is 11.0. The number of amides is 2. The number of aromatic carboxylic acids is 1. The van der Waals surface area contributed by atoms with Crippen molar-refractivity contribution in [2.45, 2.75) is 12.8 Å². The lowest BCUT2D eigenvalue weighted by molar-refractivity contribution is 0.0695. The van der Waals surface area contributed by atoms with Gasteiger partial charge in [0.1, 0.15) is 0 Å². The van der Waals surface area contributed by atoms with Gasteiger partial charge in [0.2, 0.25) is 0 Å². The van der Waals surface area contributed by atoms with Crippen LogP contribution < -0.4 is 10.2 Å². The highest BCUT2D eigenvalue weighted by atomic mass is 32.2. The van der Waals surface area contributed by atoms with Gasteiger partial charge in [-0.1, -0.05) is 6.07 Å². The second kappa shape index (κ2) is 6.71. The highest BCUT2D eigenvalue weighted by molar-refractivity contribution is 7.84. The molecule has 0 aliphatic carbocycles. The van der Waals surface area contributed by atoms with Crippen LogP contribution in [0.15, 0.2) is 18.2 Å². The molecule has 2 N–H and O–H groups in total. The van der Waals surface area contributed by atoms with Crippen LogP contribution in [0.25, 0.3) is 0 Å². The van der Waals surface area contributed by atoms with Crippen LogP contribution in [-0.2, 0) is 17.2 Å². The lowest BCUT2D eigenvalue weighted by Gasteiger charge is -2.30. The molecule has 1 aromatic rings. The highest BCUT2D eigenvalue weighted by Gasteiger charge is 2.25. The standard InChI is InChI=1S/C14H18N2O4S/c1-21(20)9-7-15-14(19)16-8-3-5-10-11(13(17)18)4-2-6-12(10)16/h2,4,6H,3,5,7-9H2,1H3,(H,15,19)(H,17,18). The van der Waals surface area contributed by atoms with Crippen molar-refractivity contribution in [2.24, 2.45) is 0 Å². The van der Waals surface area contributed by atoms with E-state index < -0.39 is 16.8 Å². The zero-order chi connectivity index (χ0) is 15.4. The van der Waals surface area contributed by atoms with Crippen LogP contribution in [0.3, 0.4) is 0 Å². The molecule has 0 radical (unpaired) electrons. The minimum Gasteiger partial charge on any atom is -0.478 e. The molecule has 0 fully saturated rings. The van der Waals surface area contributed by atoms with Crippen LogP contribution in [0.4, 0.5) is 10.5 Å². The molecule has 21 heavy (non-hydrogen) atoms. The summed E-state index contributed by atoms with van der Waals surface area (Å²) >= 11 is 0. The largest absolute Gasteiger partial charge is 0.478 e. The summed E-state index contributed by atoms with van der Waals surface area (Å²) in [4.78, 5) is 25.0. The molecule has 0 saturated heterocycles. The zero-order valence-electron chi connectivity index (χ0n) is 11.8. The number of rotatable bonds is 4. The molecule has 114 valence electrons. The van der Waals surface area contributed by atoms with E-state index in [9.17, 15) is 18.9 Å². The lowest BCUT2D eigenvalue weighted by Crippen LogP contribution is -2.44. The first kappa shape index (κ1) is 15.5. The number of benzene rings is 1. The number of urea groups is 1. The molecule has 0 spiro atoms. The Kier molecular flexibility index (Phi) is 4.95. The minimum absolute atomic E-state index is 0.250. The van der Waals surface area contributed by atoms with Crippen molar-refractivity contribution >= 4 is 28.5 Å². The summed E-state index contributed by atoms with van der Waals surface area (Å²) in [5, 5.41) is 11.9. The van der Waals surface area contributed by atoms with Gasteiger partial charge in [-0.25, -0.2) is 9.59 Å². The minimum atomic E-state index is -0.976. The van der Waals surface area contributed by atoms with Gasteiger partial charge < -0.3 is 10.4 Å². The Morgan fingerprint density at radius 3 is 2.86 bits per heavy atom. The summed E-state index contributed by atoms with van der Waals surface area (Å²) in [6.07, 6.45) is 2.96. The highest BCUT2D eigenvalue weighted by Crippen LogP contribution is 2.29. The first-order chi connectivity index (χ1) is 10.0. The Labute approximate surface area is 125 Å². The van der Waals surface area contributed by atoms with Crippen LogP contribution in [0.1, 0.15) is 22.3 Å². The monoisotopic (exact) mass is 310 g/mol. The fourth-order valence-electron chi connectivity index (χ4n) is 2.43. The van der Waals surface area contributed by atoms with Crippen molar-refractivity contribution in [2.75, 3.05) is 30.0 Å². The fraction of sp³-hybridized carbons (Fsp3) is 0.429. The van der Waals surface area contributed by atoms with E-state index >= 15 is 0 Å². The van der Waals surface area contributed by atoms with Gasteiger partial charge in [0.25, 0.3) is 0 Å². The van der Waals surface area contributed by atoms with E-state index in [2.05, 4.69) is 5.32 Å². The van der Waals surface area contributed by atoms with Crippen molar-refractivity contribution < 1.29 is 18.9 Å². The number of hydrogen-bond acceptors (Lipinski definition) is 3. The van der Waals surface area contributed by atoms with E-state index in [1.807, 2.05) is 0 Å². The molecule has 1 unspecified atom stereocenters. The van der Waals surface area contributed by atoms with E-state index in [0.717, 1.165) is 6.42 Å². The summed E-state index contributed by atoms with van der Waals surface area (Å²) in [6.45, 7) is 0.892. The van der Waals surface area contributed by atoms with E-state index in [4.69, 9.17) is 0 Å². The Morgan fingerprint density at radius 1 is 1.43 bits per heavy atom. The molecule has 1 aliphatic heterocycles. The van der Waals surface area contributed by atoms with Crippen LogP contribution >= 0.6 is 0 Å². The van der Waals surface area contributed by atoms with Crippen molar-refractivity contribution in [3.05, 3.63) is 29.3 Å². The van der Waals surface area contributed by atoms with Gasteiger partial charge in [-0.2, -0.15) is 0 Å². The first-order valence-electron chi connectivity index (χ1n) is 6.71. The maximum atomic E-state index is 12.2. The van der Waals surface area contributed by atoms with Gasteiger partial charge in [-0.3, -0.25) is 9.11 Å². The summed E-state index contributed by atoms with van der Waals surface area (Å²) in [7, 11) is -0.953. The number of carbonyl (C=O) groups excluding carboxylic acids is 1. The second-order valence-electron chi connectivity index (χ2n) is 4.87. The molecule has 1 atom stereocenters. The van der Waals surface area contributed by atoms with Crippen molar-refractivity contribution in [1.29, 1.82) is 0 Å². The van der Waals surface area contributed by atoms with E-state index in [-0.39, 0.29) is 11.6 Å². The number of carboxylic acids is 1. The molecule has 1 heterocycles. The molecule has 0 saturated carbocycles. The van der Waals surface area contributed by atoms with Gasteiger partial charge in [-0.15, -0.1) is 0 Å². The molecule has 6 nitrogen and oxygen atoms in total.